The van der Waals surface area contributed by atoms with Gasteiger partial charge in [-0.25, -0.2) is 0 Å². The molecule has 25 heavy (non-hydrogen) atoms. The first-order chi connectivity index (χ1) is 12.0. The van der Waals surface area contributed by atoms with E-state index in [1.165, 1.54) is 11.9 Å². The van der Waals surface area contributed by atoms with E-state index in [2.05, 4.69) is 5.32 Å². The normalized spacial score (nSPS) is 16.2. The van der Waals surface area contributed by atoms with Crippen LogP contribution in [0.3, 0.4) is 0 Å². The predicted molar refractivity (Wildman–Crippen MR) is 95.2 cm³/mol. The lowest BCUT2D eigenvalue weighted by molar-refractivity contribution is -0.155. The van der Waals surface area contributed by atoms with E-state index in [1.54, 1.807) is 24.3 Å². The molecule has 0 fully saturated rings. The lowest BCUT2D eigenvalue weighted by Gasteiger charge is -2.19. The second kappa shape index (κ2) is 9.22. The first-order valence-corrected chi connectivity index (χ1v) is 8.45. The Kier molecular flexibility index (Phi) is 7.01. The van der Waals surface area contributed by atoms with Gasteiger partial charge in [0.2, 0.25) is 5.91 Å². The quantitative estimate of drug-likeness (QED) is 0.622. The van der Waals surface area contributed by atoms with Gasteiger partial charge in [-0.05, 0) is 31.4 Å². The van der Waals surface area contributed by atoms with Crippen LogP contribution in [-0.2, 0) is 19.1 Å². The summed E-state index contributed by atoms with van der Waals surface area (Å²) >= 11 is 5.97. The first-order valence-electron chi connectivity index (χ1n) is 8.07. The number of nitrogens with zero attached hydrogens (tertiary/aromatic N) is 1. The Bertz CT molecular complexity index is 675. The van der Waals surface area contributed by atoms with Gasteiger partial charge >= 0.3 is 5.97 Å². The lowest BCUT2D eigenvalue weighted by atomic mass is 9.95. The molecule has 0 aliphatic heterocycles. The Labute approximate surface area is 151 Å². The van der Waals surface area contributed by atoms with Crippen molar-refractivity contribution in [2.45, 2.75) is 19.3 Å². The number of allylic oxidation sites excluding steroid dienone is 2. The van der Waals surface area contributed by atoms with E-state index in [4.69, 9.17) is 16.3 Å². The monoisotopic (exact) mass is 364 g/mol. The molecule has 7 heteroatoms. The molecule has 0 bridgehead atoms. The molecule has 0 saturated heterocycles. The molecule has 0 saturated carbocycles. The maximum absolute atomic E-state index is 12.0. The van der Waals surface area contributed by atoms with Crippen molar-refractivity contribution in [3.63, 3.8) is 0 Å². The third-order valence-corrected chi connectivity index (χ3v) is 4.22. The zero-order valence-electron chi connectivity index (χ0n) is 14.0. The summed E-state index contributed by atoms with van der Waals surface area (Å²) in [6.07, 6.45) is 6.20. The third-order valence-electron chi connectivity index (χ3n) is 3.89. The van der Waals surface area contributed by atoms with Crippen LogP contribution < -0.4 is 5.32 Å². The number of anilines is 1. The van der Waals surface area contributed by atoms with Crippen molar-refractivity contribution in [2.75, 3.05) is 25.5 Å². The van der Waals surface area contributed by atoms with Gasteiger partial charge in [0.05, 0.1) is 23.2 Å². The molecule has 0 spiro atoms. The molecule has 1 aromatic rings. The molecular formula is C18H21ClN2O4. The van der Waals surface area contributed by atoms with Crippen LogP contribution in [0.1, 0.15) is 19.3 Å². The fourth-order valence-electron chi connectivity index (χ4n) is 2.42. The first kappa shape index (κ1) is 19.0. The average molecular weight is 365 g/mol. The Morgan fingerprint density at radius 3 is 2.72 bits per heavy atom. The minimum atomic E-state index is -0.436. The number of para-hydroxylation sites is 1. The maximum atomic E-state index is 12.0. The number of benzene rings is 1. The smallest absolute Gasteiger partial charge is 0.309 e. The number of esters is 1. The summed E-state index contributed by atoms with van der Waals surface area (Å²) in [6.45, 7) is -0.525. The number of likely N-dealkylation sites (N-methyl/N-ethyl adjacent to an activating group) is 1. The van der Waals surface area contributed by atoms with Crippen LogP contribution in [0.2, 0.25) is 5.02 Å². The van der Waals surface area contributed by atoms with Gasteiger partial charge in [0.25, 0.3) is 5.91 Å². The SMILES string of the molecule is CN(CC(=O)Nc1ccccc1Cl)C(=O)COC(=O)C1CC=CCC1. The highest BCUT2D eigenvalue weighted by atomic mass is 35.5. The third kappa shape index (κ3) is 5.90. The van der Waals surface area contributed by atoms with Crippen LogP contribution in [0.25, 0.3) is 0 Å². The molecule has 1 unspecified atom stereocenters. The fourth-order valence-corrected chi connectivity index (χ4v) is 2.61. The van der Waals surface area contributed by atoms with Gasteiger partial charge in [-0.15, -0.1) is 0 Å². The summed E-state index contributed by atoms with van der Waals surface area (Å²) in [5.41, 5.74) is 0.479. The Balaban J connectivity index is 1.75. The topological polar surface area (TPSA) is 75.7 Å². The number of carbonyl (C=O) groups excluding carboxylic acids is 3. The van der Waals surface area contributed by atoms with Gasteiger partial charge < -0.3 is 15.0 Å². The fraction of sp³-hybridized carbons (Fsp3) is 0.389. The van der Waals surface area contributed by atoms with Crippen LogP contribution in [0.15, 0.2) is 36.4 Å². The summed E-state index contributed by atoms with van der Waals surface area (Å²) in [5.74, 6) is -1.38. The average Bonchev–Trinajstić information content (AvgIpc) is 2.62. The van der Waals surface area contributed by atoms with Crippen molar-refractivity contribution in [1.29, 1.82) is 0 Å². The summed E-state index contributed by atoms with van der Waals surface area (Å²) < 4.78 is 5.07. The van der Waals surface area contributed by atoms with E-state index < -0.39 is 5.91 Å². The molecule has 6 nitrogen and oxygen atoms in total. The van der Waals surface area contributed by atoms with Gasteiger partial charge in [0.1, 0.15) is 0 Å². The Morgan fingerprint density at radius 2 is 2.04 bits per heavy atom. The molecule has 1 N–H and O–H groups in total. The number of hydrogen-bond acceptors (Lipinski definition) is 4. The van der Waals surface area contributed by atoms with E-state index in [0.717, 1.165) is 12.8 Å². The molecule has 1 aliphatic carbocycles. The number of rotatable bonds is 6. The van der Waals surface area contributed by atoms with Crippen LogP contribution in [0.4, 0.5) is 5.69 Å². The summed E-state index contributed by atoms with van der Waals surface area (Å²) in [7, 11) is 1.48. The molecule has 134 valence electrons. The number of amides is 2. The second-order valence-corrected chi connectivity index (χ2v) is 6.27. The maximum Gasteiger partial charge on any atom is 0.309 e. The minimum absolute atomic E-state index is 0.159. The standard InChI is InChI=1S/C18H21ClN2O4/c1-21(11-16(22)20-15-10-6-5-9-14(15)19)17(23)12-25-18(24)13-7-3-2-4-8-13/h2-3,5-6,9-10,13H,4,7-8,11-12H2,1H3,(H,20,22). The highest BCUT2D eigenvalue weighted by molar-refractivity contribution is 6.33. The van der Waals surface area contributed by atoms with E-state index in [9.17, 15) is 14.4 Å². The number of nitrogens with one attached hydrogen (secondary N) is 1. The molecule has 0 heterocycles. The van der Waals surface area contributed by atoms with Gasteiger partial charge in [-0.3, -0.25) is 14.4 Å². The van der Waals surface area contributed by atoms with Crippen molar-refractivity contribution in [3.05, 3.63) is 41.4 Å². The van der Waals surface area contributed by atoms with Crippen molar-refractivity contribution in [3.8, 4) is 0 Å². The molecular weight excluding hydrogens is 344 g/mol. The zero-order valence-corrected chi connectivity index (χ0v) is 14.8. The van der Waals surface area contributed by atoms with Gasteiger partial charge in [0, 0.05) is 7.05 Å². The Morgan fingerprint density at radius 1 is 1.28 bits per heavy atom. The van der Waals surface area contributed by atoms with Gasteiger partial charge in [-0.1, -0.05) is 35.9 Å². The number of halogens is 1. The molecule has 0 radical (unpaired) electrons. The van der Waals surface area contributed by atoms with Crippen LogP contribution in [0, 0.1) is 5.92 Å². The molecule has 1 aromatic carbocycles. The van der Waals surface area contributed by atoms with Crippen molar-refractivity contribution >= 4 is 35.1 Å². The van der Waals surface area contributed by atoms with E-state index in [0.29, 0.717) is 17.1 Å². The largest absolute Gasteiger partial charge is 0.455 e. The van der Waals surface area contributed by atoms with Crippen molar-refractivity contribution in [2.24, 2.45) is 5.92 Å². The number of hydrogen-bond donors (Lipinski definition) is 1. The summed E-state index contributed by atoms with van der Waals surface area (Å²) in [5, 5.41) is 3.05. The second-order valence-electron chi connectivity index (χ2n) is 5.87. The number of carbonyl (C=O) groups is 3. The zero-order chi connectivity index (χ0) is 18.2. The minimum Gasteiger partial charge on any atom is -0.455 e. The van der Waals surface area contributed by atoms with Crippen LogP contribution in [-0.4, -0.2) is 42.9 Å². The Hall–Kier alpha value is -2.34. The highest BCUT2D eigenvalue weighted by Crippen LogP contribution is 2.20. The number of ether oxygens (including phenoxy) is 1. The van der Waals surface area contributed by atoms with E-state index >= 15 is 0 Å². The lowest BCUT2D eigenvalue weighted by Crippen LogP contribution is -2.38. The van der Waals surface area contributed by atoms with E-state index in [-0.39, 0.29) is 30.9 Å². The van der Waals surface area contributed by atoms with Gasteiger partial charge in [0.15, 0.2) is 6.61 Å². The molecule has 1 atom stereocenters. The summed E-state index contributed by atoms with van der Waals surface area (Å²) in [6, 6.07) is 6.83. The van der Waals surface area contributed by atoms with Crippen molar-refractivity contribution in [1.82, 2.24) is 4.90 Å². The summed E-state index contributed by atoms with van der Waals surface area (Å²) in [4.78, 5) is 37.1. The van der Waals surface area contributed by atoms with Crippen LogP contribution in [0.5, 0.6) is 0 Å². The molecule has 2 rings (SSSR count). The van der Waals surface area contributed by atoms with E-state index in [1.807, 2.05) is 12.2 Å². The predicted octanol–water partition coefficient (Wildman–Crippen LogP) is 2.64. The van der Waals surface area contributed by atoms with Crippen LogP contribution >= 0.6 is 11.6 Å². The molecule has 2 amide bonds. The van der Waals surface area contributed by atoms with Crippen molar-refractivity contribution < 1.29 is 19.1 Å². The highest BCUT2D eigenvalue weighted by Gasteiger charge is 2.22. The molecule has 0 aromatic heterocycles. The van der Waals surface area contributed by atoms with Gasteiger partial charge in [-0.2, -0.15) is 0 Å². The molecule has 1 aliphatic rings.